The van der Waals surface area contributed by atoms with E-state index in [4.69, 9.17) is 0 Å². The van der Waals surface area contributed by atoms with Crippen molar-refractivity contribution in [3.63, 3.8) is 0 Å². The summed E-state index contributed by atoms with van der Waals surface area (Å²) < 4.78 is 53.2. The fourth-order valence-corrected chi connectivity index (χ4v) is 5.81. The number of ketones is 1. The third kappa shape index (κ3) is 5.04. The van der Waals surface area contributed by atoms with Crippen molar-refractivity contribution >= 4 is 31.7 Å². The van der Waals surface area contributed by atoms with Gasteiger partial charge in [-0.2, -0.15) is 8.61 Å². The Hall–Kier alpha value is -2.67. The lowest BCUT2D eigenvalue weighted by molar-refractivity contribution is -0.132. The maximum absolute atomic E-state index is 12.9. The molecule has 12 heteroatoms. The van der Waals surface area contributed by atoms with Crippen LogP contribution in [0, 0.1) is 0 Å². The lowest BCUT2D eigenvalue weighted by atomic mass is 10.2. The van der Waals surface area contributed by atoms with Crippen LogP contribution in [-0.2, 0) is 24.8 Å². The van der Waals surface area contributed by atoms with E-state index in [0.717, 1.165) is 4.31 Å². The first-order valence-corrected chi connectivity index (χ1v) is 12.7. The second kappa shape index (κ2) is 9.45. The Morgan fingerprint density at radius 2 is 1.66 bits per heavy atom. The number of hydrogen-bond donors (Lipinski definition) is 0. The van der Waals surface area contributed by atoms with Crippen molar-refractivity contribution in [1.82, 2.24) is 18.5 Å². The fourth-order valence-electron chi connectivity index (χ4n) is 3.26. The summed E-state index contributed by atoms with van der Waals surface area (Å²) in [7, 11) is -6.38. The zero-order valence-corrected chi connectivity index (χ0v) is 19.3. The highest BCUT2D eigenvalue weighted by atomic mass is 32.2. The Morgan fingerprint density at radius 3 is 2.25 bits per heavy atom. The van der Waals surface area contributed by atoms with Crippen molar-refractivity contribution in [1.29, 1.82) is 0 Å². The van der Waals surface area contributed by atoms with Gasteiger partial charge < -0.3 is 4.90 Å². The van der Waals surface area contributed by atoms with E-state index in [-0.39, 0.29) is 48.3 Å². The lowest BCUT2D eigenvalue weighted by Crippen LogP contribution is -2.52. The van der Waals surface area contributed by atoms with Crippen LogP contribution in [0.15, 0.2) is 58.6 Å². The second-order valence-electron chi connectivity index (χ2n) is 7.32. The number of Topliss-reactive ketones (excluding diaryl/α,β-unsaturated/α-hetero) is 1. The van der Waals surface area contributed by atoms with E-state index in [9.17, 15) is 26.4 Å². The summed E-state index contributed by atoms with van der Waals surface area (Å²) in [4.78, 5) is 29.4. The number of hydrogen-bond acceptors (Lipinski definition) is 7. The normalized spacial score (nSPS) is 15.7. The molecule has 0 saturated carbocycles. The van der Waals surface area contributed by atoms with Crippen LogP contribution in [0.4, 0.5) is 0 Å². The SMILES string of the molecule is CC(=O)c1cccc(S(=O)(=O)N2CCN(C(=O)CN(C)S(=O)(=O)c3cccnc3)CC2)c1. The largest absolute Gasteiger partial charge is 0.339 e. The molecule has 1 fully saturated rings. The van der Waals surface area contributed by atoms with Crippen LogP contribution in [0.25, 0.3) is 0 Å². The van der Waals surface area contributed by atoms with Gasteiger partial charge in [-0.25, -0.2) is 16.8 Å². The van der Waals surface area contributed by atoms with Crippen molar-refractivity contribution in [2.24, 2.45) is 0 Å². The standard InChI is InChI=1S/C20H24N4O6S2/c1-16(25)17-5-3-6-18(13-17)32(29,30)24-11-9-23(10-12-24)20(26)15-22(2)31(27,28)19-7-4-8-21-14-19/h3-8,13-14H,9-12,15H2,1-2H3. The van der Waals surface area contributed by atoms with Crippen molar-refractivity contribution in [2.45, 2.75) is 16.7 Å². The molecule has 2 heterocycles. The van der Waals surface area contributed by atoms with Gasteiger partial charge in [-0.3, -0.25) is 14.6 Å². The number of benzene rings is 1. The molecule has 1 aliphatic rings. The third-order valence-corrected chi connectivity index (χ3v) is 8.85. The first-order valence-electron chi connectivity index (χ1n) is 9.79. The summed E-state index contributed by atoms with van der Waals surface area (Å²) in [5, 5.41) is 0. The highest BCUT2D eigenvalue weighted by molar-refractivity contribution is 7.89. The summed E-state index contributed by atoms with van der Waals surface area (Å²) in [6, 6.07) is 8.73. The van der Waals surface area contributed by atoms with Crippen LogP contribution >= 0.6 is 0 Å². The van der Waals surface area contributed by atoms with Crippen LogP contribution in [0.1, 0.15) is 17.3 Å². The van der Waals surface area contributed by atoms with E-state index in [0.29, 0.717) is 5.56 Å². The lowest BCUT2D eigenvalue weighted by Gasteiger charge is -2.34. The molecule has 0 bridgehead atoms. The molecule has 0 spiro atoms. The minimum Gasteiger partial charge on any atom is -0.339 e. The molecule has 3 rings (SSSR count). The van der Waals surface area contributed by atoms with Gasteiger partial charge in [0.05, 0.1) is 11.4 Å². The molecule has 0 radical (unpaired) electrons. The Morgan fingerprint density at radius 1 is 1.00 bits per heavy atom. The Kier molecular flexibility index (Phi) is 7.08. The molecule has 1 aromatic heterocycles. The molecule has 1 aromatic carbocycles. The first-order chi connectivity index (χ1) is 15.0. The molecule has 1 saturated heterocycles. The number of amides is 1. The number of piperazine rings is 1. The quantitative estimate of drug-likeness (QED) is 0.527. The molecule has 2 aromatic rings. The number of rotatable bonds is 7. The molecular weight excluding hydrogens is 456 g/mol. The maximum atomic E-state index is 12.9. The van der Waals surface area contributed by atoms with Crippen molar-refractivity contribution in [2.75, 3.05) is 39.8 Å². The van der Waals surface area contributed by atoms with Crippen LogP contribution in [0.2, 0.25) is 0 Å². The molecule has 1 aliphatic heterocycles. The van der Waals surface area contributed by atoms with Gasteiger partial charge in [0.2, 0.25) is 26.0 Å². The van der Waals surface area contributed by atoms with Crippen molar-refractivity contribution < 1.29 is 26.4 Å². The Balaban J connectivity index is 1.63. The fraction of sp³-hybridized carbons (Fsp3) is 0.350. The van der Waals surface area contributed by atoms with Gasteiger partial charge in [-0.05, 0) is 31.2 Å². The number of sulfonamides is 2. The van der Waals surface area contributed by atoms with Crippen LogP contribution < -0.4 is 0 Å². The molecule has 10 nitrogen and oxygen atoms in total. The molecule has 0 atom stereocenters. The summed E-state index contributed by atoms with van der Waals surface area (Å²) in [6.45, 7) is 1.39. The van der Waals surface area contributed by atoms with E-state index >= 15 is 0 Å². The van der Waals surface area contributed by atoms with Gasteiger partial charge >= 0.3 is 0 Å². The van der Waals surface area contributed by atoms with E-state index in [1.165, 1.54) is 65.9 Å². The highest BCUT2D eigenvalue weighted by Gasteiger charge is 2.32. The number of nitrogens with zero attached hydrogens (tertiary/aromatic N) is 4. The van der Waals surface area contributed by atoms with E-state index in [1.807, 2.05) is 0 Å². The third-order valence-electron chi connectivity index (χ3n) is 5.17. The van der Waals surface area contributed by atoms with Crippen molar-refractivity contribution in [3.8, 4) is 0 Å². The van der Waals surface area contributed by atoms with Crippen molar-refractivity contribution in [3.05, 3.63) is 54.4 Å². The van der Waals surface area contributed by atoms with Crippen LogP contribution in [0.3, 0.4) is 0 Å². The van der Waals surface area contributed by atoms with E-state index in [2.05, 4.69) is 4.98 Å². The Bertz CT molecular complexity index is 1210. The topological polar surface area (TPSA) is 125 Å². The van der Waals surface area contributed by atoms with Gasteiger partial charge in [-0.1, -0.05) is 12.1 Å². The summed E-state index contributed by atoms with van der Waals surface area (Å²) in [5.41, 5.74) is 0.303. The zero-order chi connectivity index (χ0) is 23.5. The second-order valence-corrected chi connectivity index (χ2v) is 11.3. The first kappa shape index (κ1) is 24.0. The van der Waals surface area contributed by atoms with Gasteiger partial charge in [0.1, 0.15) is 4.90 Å². The molecule has 32 heavy (non-hydrogen) atoms. The van der Waals surface area contributed by atoms with Gasteiger partial charge in [0.25, 0.3) is 0 Å². The van der Waals surface area contributed by atoms with Gasteiger partial charge in [0, 0.05) is 51.2 Å². The van der Waals surface area contributed by atoms with Crippen LogP contribution in [-0.4, -0.2) is 86.8 Å². The molecule has 1 amide bonds. The average Bonchev–Trinajstić information content (AvgIpc) is 2.79. The molecule has 0 unspecified atom stereocenters. The number of aromatic nitrogens is 1. The van der Waals surface area contributed by atoms with E-state index in [1.54, 1.807) is 6.07 Å². The number of carbonyl (C=O) groups is 2. The summed E-state index contributed by atoms with van der Waals surface area (Å²) >= 11 is 0. The highest BCUT2D eigenvalue weighted by Crippen LogP contribution is 2.20. The number of likely N-dealkylation sites (N-methyl/N-ethyl adjacent to an activating group) is 1. The number of pyridine rings is 1. The zero-order valence-electron chi connectivity index (χ0n) is 17.7. The molecular formula is C20H24N4O6S2. The van der Waals surface area contributed by atoms with Gasteiger partial charge in [-0.15, -0.1) is 0 Å². The Labute approximate surface area is 187 Å². The number of carbonyl (C=O) groups excluding carboxylic acids is 2. The predicted octanol–water partition coefficient (Wildman–Crippen LogP) is 0.438. The molecule has 0 N–H and O–H groups in total. The monoisotopic (exact) mass is 480 g/mol. The maximum Gasteiger partial charge on any atom is 0.244 e. The van der Waals surface area contributed by atoms with E-state index < -0.39 is 26.0 Å². The molecule has 172 valence electrons. The summed E-state index contributed by atoms with van der Waals surface area (Å²) in [6.07, 6.45) is 2.66. The van der Waals surface area contributed by atoms with Crippen LogP contribution in [0.5, 0.6) is 0 Å². The summed E-state index contributed by atoms with van der Waals surface area (Å²) in [5.74, 6) is -0.654. The minimum atomic E-state index is -3.86. The smallest absolute Gasteiger partial charge is 0.244 e. The minimum absolute atomic E-state index is 0.0148. The van der Waals surface area contributed by atoms with Gasteiger partial charge in [0.15, 0.2) is 5.78 Å². The molecule has 0 aliphatic carbocycles. The predicted molar refractivity (Wildman–Crippen MR) is 116 cm³/mol. The average molecular weight is 481 g/mol.